The number of aliphatic hydroxyl groups excluding tert-OH is 1. The van der Waals surface area contributed by atoms with Crippen molar-refractivity contribution in [3.05, 3.63) is 29.6 Å². The van der Waals surface area contributed by atoms with Crippen molar-refractivity contribution >= 4 is 5.91 Å². The van der Waals surface area contributed by atoms with Crippen LogP contribution >= 0.6 is 0 Å². The topological polar surface area (TPSA) is 60.8 Å². The minimum absolute atomic E-state index is 0.0677. The first-order valence-corrected chi connectivity index (χ1v) is 5.95. The quantitative estimate of drug-likeness (QED) is 0.794. The fourth-order valence-electron chi connectivity index (χ4n) is 2.09. The Morgan fingerprint density at radius 2 is 2.22 bits per heavy atom. The lowest BCUT2D eigenvalue weighted by atomic mass is 9.95. The summed E-state index contributed by atoms with van der Waals surface area (Å²) < 4.78 is 12.8. The molecule has 0 saturated carbocycles. The van der Waals surface area contributed by atoms with E-state index in [1.807, 2.05) is 6.92 Å². The number of nitrogens with zero attached hydrogens (tertiary/aromatic N) is 1. The number of aliphatic hydroxyl groups is 1. The third-order valence-electron chi connectivity index (χ3n) is 3.40. The summed E-state index contributed by atoms with van der Waals surface area (Å²) in [6.07, 6.45) is 0.166. The summed E-state index contributed by atoms with van der Waals surface area (Å²) in [6, 6.07) is 3.31. The molecule has 1 fully saturated rings. The van der Waals surface area contributed by atoms with Crippen LogP contribution in [0.3, 0.4) is 0 Å². The van der Waals surface area contributed by atoms with Gasteiger partial charge in [0.15, 0.2) is 0 Å². The molecule has 1 aromatic rings. The van der Waals surface area contributed by atoms with E-state index in [1.165, 1.54) is 11.0 Å². The Hall–Kier alpha value is -1.62. The fraction of sp³-hybridized carbons (Fsp3) is 0.462. The second-order valence-corrected chi connectivity index (χ2v) is 4.75. The largest absolute Gasteiger partial charge is 0.507 e. The Balaban J connectivity index is 2.16. The maximum Gasteiger partial charge on any atom is 0.257 e. The molecule has 0 spiro atoms. The summed E-state index contributed by atoms with van der Waals surface area (Å²) in [7, 11) is 0. The first kappa shape index (κ1) is 12.8. The molecule has 1 aliphatic heterocycles. The van der Waals surface area contributed by atoms with E-state index < -0.39 is 11.9 Å². The maximum atomic E-state index is 12.8. The van der Waals surface area contributed by atoms with Crippen LogP contribution in [0.15, 0.2) is 18.2 Å². The predicted molar refractivity (Wildman–Crippen MR) is 63.8 cm³/mol. The molecule has 18 heavy (non-hydrogen) atoms. The summed E-state index contributed by atoms with van der Waals surface area (Å²) in [4.78, 5) is 13.6. The monoisotopic (exact) mass is 253 g/mol. The highest BCUT2D eigenvalue weighted by atomic mass is 19.1. The highest BCUT2D eigenvalue weighted by molar-refractivity contribution is 5.96. The number of β-amino-alcohol motifs (C(OH)–C–C–N with tert-alkyl or cyclic N) is 1. The van der Waals surface area contributed by atoms with Gasteiger partial charge < -0.3 is 15.1 Å². The molecule has 98 valence electrons. The van der Waals surface area contributed by atoms with E-state index in [1.54, 1.807) is 0 Å². The molecule has 2 rings (SSSR count). The van der Waals surface area contributed by atoms with Crippen LogP contribution in [0.25, 0.3) is 0 Å². The van der Waals surface area contributed by atoms with Gasteiger partial charge in [-0.25, -0.2) is 4.39 Å². The molecule has 2 N–H and O–H groups in total. The van der Waals surface area contributed by atoms with Crippen molar-refractivity contribution in [3.63, 3.8) is 0 Å². The molecule has 1 aliphatic rings. The number of aromatic hydroxyl groups is 1. The number of benzene rings is 1. The number of likely N-dealkylation sites (tertiary alicyclic amines) is 1. The number of amides is 1. The number of hydrogen-bond acceptors (Lipinski definition) is 3. The Morgan fingerprint density at radius 3 is 2.83 bits per heavy atom. The molecule has 2 atom stereocenters. The standard InChI is InChI=1S/C13H16FNO3/c1-8-4-5-15(7-12(8)17)13(18)10-3-2-9(14)6-11(10)16/h2-3,6,8,12,16-17H,4-5,7H2,1H3. The number of carbonyl (C=O) groups is 1. The molecule has 1 saturated heterocycles. The molecule has 1 aromatic carbocycles. The van der Waals surface area contributed by atoms with Gasteiger partial charge in [-0.15, -0.1) is 0 Å². The van der Waals surface area contributed by atoms with Crippen molar-refractivity contribution < 1.29 is 19.4 Å². The van der Waals surface area contributed by atoms with Crippen LogP contribution in [0, 0.1) is 11.7 Å². The zero-order valence-electron chi connectivity index (χ0n) is 10.1. The highest BCUT2D eigenvalue weighted by Gasteiger charge is 2.28. The third-order valence-corrected chi connectivity index (χ3v) is 3.40. The molecular weight excluding hydrogens is 237 g/mol. The molecule has 4 nitrogen and oxygen atoms in total. The minimum Gasteiger partial charge on any atom is -0.507 e. The first-order chi connectivity index (χ1) is 8.49. The van der Waals surface area contributed by atoms with Gasteiger partial charge in [-0.1, -0.05) is 6.92 Å². The van der Waals surface area contributed by atoms with Crippen LogP contribution < -0.4 is 0 Å². The van der Waals surface area contributed by atoms with Gasteiger partial charge in [-0.2, -0.15) is 0 Å². The van der Waals surface area contributed by atoms with E-state index >= 15 is 0 Å². The molecule has 5 heteroatoms. The van der Waals surface area contributed by atoms with Crippen LogP contribution in [0.2, 0.25) is 0 Å². The Morgan fingerprint density at radius 1 is 1.50 bits per heavy atom. The van der Waals surface area contributed by atoms with Crippen molar-refractivity contribution in [1.82, 2.24) is 4.90 Å². The SMILES string of the molecule is CC1CCN(C(=O)c2ccc(F)cc2O)CC1O. The average molecular weight is 253 g/mol. The van der Waals surface area contributed by atoms with E-state index in [9.17, 15) is 19.4 Å². The normalized spacial score (nSPS) is 24.1. The molecule has 1 amide bonds. The summed E-state index contributed by atoms with van der Waals surface area (Å²) in [5, 5.41) is 19.3. The van der Waals surface area contributed by atoms with Crippen molar-refractivity contribution in [2.45, 2.75) is 19.4 Å². The number of halogens is 1. The maximum absolute atomic E-state index is 12.8. The van der Waals surface area contributed by atoms with Crippen molar-refractivity contribution in [3.8, 4) is 5.75 Å². The van der Waals surface area contributed by atoms with Crippen molar-refractivity contribution in [1.29, 1.82) is 0 Å². The Labute approximate surface area is 105 Å². The van der Waals surface area contributed by atoms with Crippen LogP contribution in [0.4, 0.5) is 4.39 Å². The number of rotatable bonds is 1. The van der Waals surface area contributed by atoms with Crippen LogP contribution in [-0.4, -0.2) is 40.2 Å². The molecule has 0 bridgehead atoms. The van der Waals surface area contributed by atoms with Gasteiger partial charge in [0.2, 0.25) is 0 Å². The van der Waals surface area contributed by atoms with E-state index in [0.29, 0.717) is 6.54 Å². The van der Waals surface area contributed by atoms with E-state index in [4.69, 9.17) is 0 Å². The second kappa shape index (κ2) is 4.94. The average Bonchev–Trinajstić information content (AvgIpc) is 2.32. The van der Waals surface area contributed by atoms with Gasteiger partial charge in [0.25, 0.3) is 5.91 Å². The number of carbonyl (C=O) groups excluding carboxylic acids is 1. The fourth-order valence-corrected chi connectivity index (χ4v) is 2.09. The van der Waals surface area contributed by atoms with Gasteiger partial charge in [0.05, 0.1) is 11.7 Å². The molecule has 1 heterocycles. The zero-order chi connectivity index (χ0) is 13.3. The predicted octanol–water partition coefficient (Wildman–Crippen LogP) is 1.37. The van der Waals surface area contributed by atoms with Gasteiger partial charge in [0, 0.05) is 19.2 Å². The summed E-state index contributed by atoms with van der Waals surface area (Å²) in [5.41, 5.74) is 0.0677. The van der Waals surface area contributed by atoms with Gasteiger partial charge >= 0.3 is 0 Å². The zero-order valence-corrected chi connectivity index (χ0v) is 10.1. The van der Waals surface area contributed by atoms with Crippen LogP contribution in [-0.2, 0) is 0 Å². The number of hydrogen-bond donors (Lipinski definition) is 2. The van der Waals surface area contributed by atoms with E-state index in [2.05, 4.69) is 0 Å². The Kier molecular flexibility index (Phi) is 3.52. The molecule has 0 radical (unpaired) electrons. The highest BCUT2D eigenvalue weighted by Crippen LogP contribution is 2.23. The number of phenolic OH excluding ortho intramolecular Hbond substituents is 1. The molecule has 2 unspecified atom stereocenters. The van der Waals surface area contributed by atoms with Crippen LogP contribution in [0.5, 0.6) is 5.75 Å². The van der Waals surface area contributed by atoms with Gasteiger partial charge in [-0.05, 0) is 24.5 Å². The third kappa shape index (κ3) is 2.46. The smallest absolute Gasteiger partial charge is 0.257 e. The second-order valence-electron chi connectivity index (χ2n) is 4.75. The lowest BCUT2D eigenvalue weighted by Gasteiger charge is -2.34. The van der Waals surface area contributed by atoms with Gasteiger partial charge in [-0.3, -0.25) is 4.79 Å². The van der Waals surface area contributed by atoms with Crippen molar-refractivity contribution in [2.75, 3.05) is 13.1 Å². The molecule has 0 aromatic heterocycles. The summed E-state index contributed by atoms with van der Waals surface area (Å²) in [5.74, 6) is -1.17. The first-order valence-electron chi connectivity index (χ1n) is 5.95. The van der Waals surface area contributed by atoms with E-state index in [-0.39, 0.29) is 29.7 Å². The van der Waals surface area contributed by atoms with Gasteiger partial charge in [0.1, 0.15) is 11.6 Å². The minimum atomic E-state index is -0.587. The molecule has 0 aliphatic carbocycles. The van der Waals surface area contributed by atoms with E-state index in [0.717, 1.165) is 18.6 Å². The lowest BCUT2D eigenvalue weighted by Crippen LogP contribution is -2.45. The molecular formula is C13H16FNO3. The van der Waals surface area contributed by atoms with Crippen LogP contribution in [0.1, 0.15) is 23.7 Å². The summed E-state index contributed by atoms with van der Waals surface area (Å²) in [6.45, 7) is 2.71. The number of piperidine rings is 1. The van der Waals surface area contributed by atoms with Crippen molar-refractivity contribution in [2.24, 2.45) is 5.92 Å². The Bertz CT molecular complexity index is 464. The summed E-state index contributed by atoms with van der Waals surface area (Å²) >= 11 is 0. The number of phenols is 1. The lowest BCUT2D eigenvalue weighted by molar-refractivity contribution is 0.0247.